The third kappa shape index (κ3) is 3.27. The average Bonchev–Trinajstić information content (AvgIpc) is 2.46. The molecule has 0 saturated carbocycles. The van der Waals surface area contributed by atoms with E-state index in [9.17, 15) is 4.39 Å². The molecule has 2 aromatic rings. The van der Waals surface area contributed by atoms with Crippen molar-refractivity contribution >= 4 is 0 Å². The zero-order valence-corrected chi connectivity index (χ0v) is 10.6. The predicted octanol–water partition coefficient (Wildman–Crippen LogP) is 1.98. The number of hydrazine groups is 1. The molecule has 0 aliphatic rings. The first-order valence-corrected chi connectivity index (χ1v) is 5.94. The number of nitrogens with zero attached hydrogens (tertiary/aromatic N) is 1. The number of aromatic nitrogens is 1. The first kappa shape index (κ1) is 13.5. The van der Waals surface area contributed by atoms with Crippen LogP contribution in [0.5, 0.6) is 5.75 Å². The summed E-state index contributed by atoms with van der Waals surface area (Å²) in [4.78, 5) is 4.21. The van der Waals surface area contributed by atoms with Gasteiger partial charge in [-0.25, -0.2) is 4.39 Å². The van der Waals surface area contributed by atoms with Crippen LogP contribution in [-0.4, -0.2) is 12.1 Å². The summed E-state index contributed by atoms with van der Waals surface area (Å²) in [7, 11) is 1.50. The zero-order valence-electron chi connectivity index (χ0n) is 10.6. The van der Waals surface area contributed by atoms with Crippen molar-refractivity contribution in [2.24, 2.45) is 5.84 Å². The Hall–Kier alpha value is -1.98. The Kier molecular flexibility index (Phi) is 4.43. The van der Waals surface area contributed by atoms with Gasteiger partial charge in [0.2, 0.25) is 0 Å². The number of pyridine rings is 1. The number of methoxy groups -OCH3 is 1. The molecule has 1 unspecified atom stereocenters. The number of ether oxygens (including phenoxy) is 1. The molecule has 0 radical (unpaired) electrons. The Morgan fingerprint density at radius 1 is 1.37 bits per heavy atom. The first-order chi connectivity index (χ1) is 9.24. The number of rotatable bonds is 5. The second-order valence-electron chi connectivity index (χ2n) is 4.13. The molecule has 2 rings (SSSR count). The first-order valence-electron chi connectivity index (χ1n) is 5.94. The van der Waals surface area contributed by atoms with Gasteiger partial charge in [0.05, 0.1) is 13.2 Å². The Morgan fingerprint density at radius 2 is 2.21 bits per heavy atom. The summed E-state index contributed by atoms with van der Waals surface area (Å²) in [5.41, 5.74) is 3.97. The van der Waals surface area contributed by atoms with Gasteiger partial charge in [0.25, 0.3) is 0 Å². The van der Waals surface area contributed by atoms with Gasteiger partial charge in [-0.15, -0.1) is 0 Å². The molecular formula is C14H16FN3O. The van der Waals surface area contributed by atoms with Crippen molar-refractivity contribution in [1.82, 2.24) is 10.4 Å². The molecule has 0 saturated heterocycles. The van der Waals surface area contributed by atoms with Gasteiger partial charge in [-0.3, -0.25) is 16.3 Å². The molecular weight excluding hydrogens is 245 g/mol. The lowest BCUT2D eigenvalue weighted by molar-refractivity contribution is 0.409. The predicted molar refractivity (Wildman–Crippen MR) is 71.0 cm³/mol. The minimum absolute atomic E-state index is 0.333. The van der Waals surface area contributed by atoms with Crippen molar-refractivity contribution in [2.75, 3.05) is 7.11 Å². The molecule has 0 fully saturated rings. The maximum absolute atomic E-state index is 14.0. The molecule has 1 atom stereocenters. The topological polar surface area (TPSA) is 60.2 Å². The summed E-state index contributed by atoms with van der Waals surface area (Å²) in [5, 5.41) is 0. The molecule has 1 aromatic heterocycles. The molecule has 19 heavy (non-hydrogen) atoms. The molecule has 3 N–H and O–H groups in total. The van der Waals surface area contributed by atoms with Crippen LogP contribution in [0.15, 0.2) is 42.6 Å². The third-order valence-corrected chi connectivity index (χ3v) is 2.92. The lowest BCUT2D eigenvalue weighted by Crippen LogP contribution is -2.30. The van der Waals surface area contributed by atoms with E-state index in [0.717, 1.165) is 5.69 Å². The lowest BCUT2D eigenvalue weighted by Gasteiger charge is -2.17. The van der Waals surface area contributed by atoms with Gasteiger partial charge < -0.3 is 4.74 Å². The largest absolute Gasteiger partial charge is 0.497 e. The van der Waals surface area contributed by atoms with Crippen LogP contribution in [0.4, 0.5) is 4.39 Å². The Labute approximate surface area is 111 Å². The Bertz CT molecular complexity index is 533. The van der Waals surface area contributed by atoms with E-state index in [1.165, 1.54) is 13.2 Å². The fourth-order valence-electron chi connectivity index (χ4n) is 1.90. The molecule has 4 nitrogen and oxygen atoms in total. The van der Waals surface area contributed by atoms with Crippen LogP contribution in [0.25, 0.3) is 0 Å². The van der Waals surface area contributed by atoms with Gasteiger partial charge in [-0.2, -0.15) is 0 Å². The fraction of sp³-hybridized carbons (Fsp3) is 0.214. The van der Waals surface area contributed by atoms with Crippen LogP contribution in [-0.2, 0) is 6.42 Å². The number of halogens is 1. The highest BCUT2D eigenvalue weighted by atomic mass is 19.1. The van der Waals surface area contributed by atoms with Gasteiger partial charge in [-0.05, 0) is 18.2 Å². The van der Waals surface area contributed by atoms with E-state index in [-0.39, 0.29) is 11.9 Å². The van der Waals surface area contributed by atoms with Gasteiger partial charge in [0.15, 0.2) is 0 Å². The second kappa shape index (κ2) is 6.26. The summed E-state index contributed by atoms with van der Waals surface area (Å²) >= 11 is 0. The molecule has 5 heteroatoms. The van der Waals surface area contributed by atoms with E-state index in [4.69, 9.17) is 10.6 Å². The number of benzene rings is 1. The Morgan fingerprint density at radius 3 is 2.79 bits per heavy atom. The second-order valence-corrected chi connectivity index (χ2v) is 4.13. The van der Waals surface area contributed by atoms with Crippen molar-refractivity contribution in [3.8, 4) is 5.75 Å². The summed E-state index contributed by atoms with van der Waals surface area (Å²) in [5.74, 6) is 5.65. The number of nitrogens with two attached hydrogens (primary N) is 1. The monoisotopic (exact) mass is 261 g/mol. The van der Waals surface area contributed by atoms with Gasteiger partial charge in [0, 0.05) is 29.9 Å². The molecule has 1 heterocycles. The molecule has 1 aromatic carbocycles. The highest BCUT2D eigenvalue weighted by Gasteiger charge is 2.16. The van der Waals surface area contributed by atoms with Crippen molar-refractivity contribution in [3.05, 3.63) is 59.7 Å². The summed E-state index contributed by atoms with van der Waals surface area (Å²) < 4.78 is 19.0. The van der Waals surface area contributed by atoms with Crippen LogP contribution < -0.4 is 16.0 Å². The SMILES string of the molecule is COc1ccc(C(Cc2ccccn2)NN)c(F)c1. The maximum Gasteiger partial charge on any atom is 0.131 e. The maximum atomic E-state index is 14.0. The van der Waals surface area contributed by atoms with E-state index in [2.05, 4.69) is 10.4 Å². The summed E-state index contributed by atoms with van der Waals surface area (Å²) in [6.07, 6.45) is 2.22. The zero-order chi connectivity index (χ0) is 13.7. The number of nitrogens with one attached hydrogen (secondary N) is 1. The summed E-state index contributed by atoms with van der Waals surface area (Å²) in [6.45, 7) is 0. The summed E-state index contributed by atoms with van der Waals surface area (Å²) in [6, 6.07) is 10.00. The fourth-order valence-corrected chi connectivity index (χ4v) is 1.90. The number of hydrogen-bond acceptors (Lipinski definition) is 4. The smallest absolute Gasteiger partial charge is 0.131 e. The van der Waals surface area contributed by atoms with Gasteiger partial charge >= 0.3 is 0 Å². The van der Waals surface area contributed by atoms with Crippen molar-refractivity contribution in [3.63, 3.8) is 0 Å². The van der Waals surface area contributed by atoms with E-state index < -0.39 is 0 Å². The minimum atomic E-state index is -0.349. The molecule has 0 aliphatic carbocycles. The van der Waals surface area contributed by atoms with Gasteiger partial charge in [0.1, 0.15) is 11.6 Å². The molecule has 0 amide bonds. The highest BCUT2D eigenvalue weighted by molar-refractivity contribution is 5.31. The van der Waals surface area contributed by atoms with Crippen LogP contribution in [0.1, 0.15) is 17.3 Å². The molecule has 0 spiro atoms. The molecule has 100 valence electrons. The highest BCUT2D eigenvalue weighted by Crippen LogP contribution is 2.23. The van der Waals surface area contributed by atoms with Crippen molar-refractivity contribution in [1.29, 1.82) is 0 Å². The lowest BCUT2D eigenvalue weighted by atomic mass is 10.0. The standard InChI is InChI=1S/C14H16FN3O/c1-19-11-5-6-12(13(15)9-11)14(18-16)8-10-4-2-3-7-17-10/h2-7,9,14,18H,8,16H2,1H3. The van der Waals surface area contributed by atoms with Crippen LogP contribution in [0, 0.1) is 5.82 Å². The van der Waals surface area contributed by atoms with Crippen LogP contribution in [0.3, 0.4) is 0 Å². The van der Waals surface area contributed by atoms with E-state index in [1.54, 1.807) is 18.3 Å². The van der Waals surface area contributed by atoms with Crippen molar-refractivity contribution < 1.29 is 9.13 Å². The minimum Gasteiger partial charge on any atom is -0.497 e. The quantitative estimate of drug-likeness (QED) is 0.638. The van der Waals surface area contributed by atoms with Crippen molar-refractivity contribution in [2.45, 2.75) is 12.5 Å². The van der Waals surface area contributed by atoms with Crippen LogP contribution in [0.2, 0.25) is 0 Å². The van der Waals surface area contributed by atoms with Gasteiger partial charge in [-0.1, -0.05) is 12.1 Å². The van der Waals surface area contributed by atoms with E-state index in [0.29, 0.717) is 17.7 Å². The van der Waals surface area contributed by atoms with E-state index >= 15 is 0 Å². The average molecular weight is 261 g/mol. The normalized spacial score (nSPS) is 12.2. The molecule has 0 aliphatic heterocycles. The number of hydrogen-bond donors (Lipinski definition) is 2. The molecule has 0 bridgehead atoms. The Balaban J connectivity index is 2.22. The third-order valence-electron chi connectivity index (χ3n) is 2.92. The van der Waals surface area contributed by atoms with Crippen LogP contribution >= 0.6 is 0 Å². The van der Waals surface area contributed by atoms with E-state index in [1.807, 2.05) is 18.2 Å².